The molecule has 2 fully saturated rings. The molecule has 0 aliphatic carbocycles. The van der Waals surface area contributed by atoms with E-state index in [0.717, 1.165) is 59.8 Å². The van der Waals surface area contributed by atoms with Crippen LogP contribution >= 0.6 is 11.3 Å². The van der Waals surface area contributed by atoms with Gasteiger partial charge in [0.2, 0.25) is 10.0 Å². The van der Waals surface area contributed by atoms with E-state index in [9.17, 15) is 8.42 Å². The van der Waals surface area contributed by atoms with Gasteiger partial charge in [-0.05, 0) is 73.6 Å². The molecule has 36 heavy (non-hydrogen) atoms. The van der Waals surface area contributed by atoms with Crippen LogP contribution in [0.1, 0.15) is 32.6 Å². The Morgan fingerprint density at radius 2 is 1.78 bits per heavy atom. The first-order valence-corrected chi connectivity index (χ1v) is 14.9. The molecule has 1 unspecified atom stereocenters. The molecule has 1 atom stereocenters. The highest BCUT2D eigenvalue weighted by Crippen LogP contribution is 2.28. The maximum Gasteiger partial charge on any atom is 0.243 e. The standard InChI is InChI=1S/C27H33N3O4S2/c1-20-13-15-29(16-14-20)36(31,32)25-11-5-21(6-12-25)26-19-35-27(30(26)18-24-4-3-17-34-24)28-22-7-9-23(33-2)10-8-22/h5-12,19-20,24H,3-4,13-18H2,1-2H3. The average molecular weight is 528 g/mol. The van der Waals surface area contributed by atoms with E-state index in [4.69, 9.17) is 14.5 Å². The fraction of sp³-hybridized carbons (Fsp3) is 0.444. The Morgan fingerprint density at radius 3 is 2.42 bits per heavy atom. The van der Waals surface area contributed by atoms with Gasteiger partial charge in [0.15, 0.2) is 4.80 Å². The Morgan fingerprint density at radius 1 is 1.06 bits per heavy atom. The third kappa shape index (κ3) is 5.44. The van der Waals surface area contributed by atoms with Crippen LogP contribution in [-0.4, -0.2) is 50.2 Å². The van der Waals surface area contributed by atoms with Crippen molar-refractivity contribution in [3.05, 3.63) is 58.7 Å². The lowest BCUT2D eigenvalue weighted by Gasteiger charge is -2.29. The quantitative estimate of drug-likeness (QED) is 0.431. The third-order valence-corrected chi connectivity index (χ3v) is 9.81. The van der Waals surface area contributed by atoms with E-state index >= 15 is 0 Å². The second-order valence-corrected chi connectivity index (χ2v) is 12.3. The molecule has 0 bridgehead atoms. The fourth-order valence-electron chi connectivity index (χ4n) is 4.76. The zero-order chi connectivity index (χ0) is 25.1. The normalized spacial score (nSPS) is 20.2. The predicted molar refractivity (Wildman–Crippen MR) is 142 cm³/mol. The molecule has 1 aromatic heterocycles. The summed E-state index contributed by atoms with van der Waals surface area (Å²) in [6, 6.07) is 15.0. The summed E-state index contributed by atoms with van der Waals surface area (Å²) in [6.07, 6.45) is 4.06. The zero-order valence-corrected chi connectivity index (χ0v) is 22.4. The molecule has 7 nitrogen and oxygen atoms in total. The first-order valence-electron chi connectivity index (χ1n) is 12.5. The Labute approximate surface area is 217 Å². The highest BCUT2D eigenvalue weighted by atomic mass is 32.2. The SMILES string of the molecule is COc1ccc(N=c2scc(-c3ccc(S(=O)(=O)N4CCC(C)CC4)cc3)n2CC2CCCO2)cc1. The van der Waals surface area contributed by atoms with Crippen molar-refractivity contribution < 1.29 is 17.9 Å². The van der Waals surface area contributed by atoms with Gasteiger partial charge in [0.25, 0.3) is 0 Å². The van der Waals surface area contributed by atoms with Gasteiger partial charge in [0, 0.05) is 25.1 Å². The lowest BCUT2D eigenvalue weighted by atomic mass is 10.0. The van der Waals surface area contributed by atoms with Gasteiger partial charge >= 0.3 is 0 Å². The van der Waals surface area contributed by atoms with Crippen LogP contribution in [0.2, 0.25) is 0 Å². The number of rotatable bonds is 7. The minimum Gasteiger partial charge on any atom is -0.497 e. The fourth-order valence-corrected chi connectivity index (χ4v) is 7.17. The molecule has 192 valence electrons. The van der Waals surface area contributed by atoms with Crippen molar-refractivity contribution in [3.63, 3.8) is 0 Å². The van der Waals surface area contributed by atoms with E-state index in [1.807, 2.05) is 36.4 Å². The summed E-state index contributed by atoms with van der Waals surface area (Å²) in [4.78, 5) is 6.13. The van der Waals surface area contributed by atoms with Crippen LogP contribution in [0, 0.1) is 5.92 Å². The monoisotopic (exact) mass is 527 g/mol. The molecule has 9 heteroatoms. The van der Waals surface area contributed by atoms with Gasteiger partial charge in [-0.15, -0.1) is 11.3 Å². The maximum atomic E-state index is 13.2. The number of hydrogen-bond acceptors (Lipinski definition) is 6. The molecule has 0 amide bonds. The molecule has 5 rings (SSSR count). The molecule has 0 spiro atoms. The summed E-state index contributed by atoms with van der Waals surface area (Å²) >= 11 is 1.57. The van der Waals surface area contributed by atoms with Gasteiger partial charge in [0.1, 0.15) is 5.75 Å². The van der Waals surface area contributed by atoms with E-state index in [-0.39, 0.29) is 6.10 Å². The van der Waals surface area contributed by atoms with Crippen LogP contribution in [0.15, 0.2) is 63.8 Å². The van der Waals surface area contributed by atoms with E-state index in [1.54, 1.807) is 34.9 Å². The minimum absolute atomic E-state index is 0.148. The van der Waals surface area contributed by atoms with Gasteiger partial charge in [-0.25, -0.2) is 13.4 Å². The summed E-state index contributed by atoms with van der Waals surface area (Å²) in [7, 11) is -1.82. The smallest absolute Gasteiger partial charge is 0.243 e. The first kappa shape index (κ1) is 25.2. The zero-order valence-electron chi connectivity index (χ0n) is 20.8. The number of nitrogens with zero attached hydrogens (tertiary/aromatic N) is 3. The number of thiazole rings is 1. The van der Waals surface area contributed by atoms with Crippen molar-refractivity contribution in [1.82, 2.24) is 8.87 Å². The highest BCUT2D eigenvalue weighted by Gasteiger charge is 2.28. The average Bonchev–Trinajstić information content (AvgIpc) is 3.55. The molecule has 3 aromatic rings. The largest absolute Gasteiger partial charge is 0.497 e. The van der Waals surface area contributed by atoms with E-state index in [2.05, 4.69) is 16.9 Å². The number of hydrogen-bond donors (Lipinski definition) is 0. The Bertz CT molecular complexity index is 1330. The summed E-state index contributed by atoms with van der Waals surface area (Å²) in [5.41, 5.74) is 2.83. The van der Waals surface area contributed by atoms with Crippen molar-refractivity contribution in [2.45, 2.75) is 50.2 Å². The number of sulfonamides is 1. The number of benzene rings is 2. The van der Waals surface area contributed by atoms with Crippen molar-refractivity contribution >= 4 is 27.0 Å². The summed E-state index contributed by atoms with van der Waals surface area (Å²) in [5.74, 6) is 1.37. The van der Waals surface area contributed by atoms with E-state index in [0.29, 0.717) is 30.4 Å². The second kappa shape index (κ2) is 10.9. The molecule has 2 saturated heterocycles. The summed E-state index contributed by atoms with van der Waals surface area (Å²) < 4.78 is 41.4. The minimum atomic E-state index is -3.47. The lowest BCUT2D eigenvalue weighted by Crippen LogP contribution is -2.37. The maximum absolute atomic E-state index is 13.2. The highest BCUT2D eigenvalue weighted by molar-refractivity contribution is 7.89. The van der Waals surface area contributed by atoms with Gasteiger partial charge in [-0.2, -0.15) is 4.31 Å². The van der Waals surface area contributed by atoms with Gasteiger partial charge in [0.05, 0.1) is 36.0 Å². The van der Waals surface area contributed by atoms with Crippen LogP contribution in [0.5, 0.6) is 5.75 Å². The molecule has 2 aromatic carbocycles. The molecule has 0 saturated carbocycles. The second-order valence-electron chi connectivity index (χ2n) is 9.57. The molecular formula is C27H33N3O4S2. The predicted octanol–water partition coefficient (Wildman–Crippen LogP) is 5.06. The van der Waals surface area contributed by atoms with Crippen molar-refractivity contribution in [3.8, 4) is 17.0 Å². The van der Waals surface area contributed by atoms with Crippen LogP contribution in [0.3, 0.4) is 0 Å². The van der Waals surface area contributed by atoms with E-state index < -0.39 is 10.0 Å². The molecule has 2 aliphatic heterocycles. The number of piperidine rings is 1. The van der Waals surface area contributed by atoms with E-state index in [1.165, 1.54) is 0 Å². The number of methoxy groups -OCH3 is 1. The van der Waals surface area contributed by atoms with Crippen LogP contribution in [0.25, 0.3) is 11.3 Å². The first-order chi connectivity index (χ1) is 17.4. The van der Waals surface area contributed by atoms with Crippen molar-refractivity contribution in [2.75, 3.05) is 26.8 Å². The Kier molecular flexibility index (Phi) is 7.62. The number of aromatic nitrogens is 1. The molecule has 3 heterocycles. The van der Waals surface area contributed by atoms with Gasteiger partial charge < -0.3 is 14.0 Å². The molecule has 2 aliphatic rings. The third-order valence-electron chi connectivity index (χ3n) is 7.04. The molecule has 0 N–H and O–H groups in total. The number of ether oxygens (including phenoxy) is 2. The van der Waals surface area contributed by atoms with Crippen molar-refractivity contribution in [2.24, 2.45) is 10.9 Å². The molecule has 0 radical (unpaired) electrons. The Balaban J connectivity index is 1.46. The van der Waals surface area contributed by atoms with Crippen LogP contribution in [-0.2, 0) is 21.3 Å². The van der Waals surface area contributed by atoms with Crippen molar-refractivity contribution in [1.29, 1.82) is 0 Å². The molecular weight excluding hydrogens is 494 g/mol. The van der Waals surface area contributed by atoms with Crippen LogP contribution in [0.4, 0.5) is 5.69 Å². The Hall–Kier alpha value is -2.46. The summed E-state index contributed by atoms with van der Waals surface area (Å²) in [5, 5.41) is 2.09. The van der Waals surface area contributed by atoms with Gasteiger partial charge in [-0.1, -0.05) is 19.1 Å². The lowest BCUT2D eigenvalue weighted by molar-refractivity contribution is 0.0968. The topological polar surface area (TPSA) is 73.1 Å². The van der Waals surface area contributed by atoms with Gasteiger partial charge in [-0.3, -0.25) is 0 Å². The summed E-state index contributed by atoms with van der Waals surface area (Å²) in [6.45, 7) is 4.86. The van der Waals surface area contributed by atoms with Crippen LogP contribution < -0.4 is 9.54 Å².